The van der Waals surface area contributed by atoms with Crippen LogP contribution in [-0.2, 0) is 0 Å². The normalized spacial score (nSPS) is 32.5. The van der Waals surface area contributed by atoms with E-state index in [1.54, 1.807) is 0 Å². The van der Waals surface area contributed by atoms with E-state index in [1.165, 1.54) is 117 Å². The molecule has 0 saturated carbocycles. The number of hydrogen-bond acceptors (Lipinski definition) is 6. The summed E-state index contributed by atoms with van der Waals surface area (Å²) in [5.41, 5.74) is 1.58. The van der Waals surface area contributed by atoms with Crippen LogP contribution < -0.4 is 0 Å². The van der Waals surface area contributed by atoms with Crippen molar-refractivity contribution in [3.05, 3.63) is 0 Å². The van der Waals surface area contributed by atoms with Gasteiger partial charge in [0.05, 0.1) is 0 Å². The second kappa shape index (κ2) is 14.2. The van der Waals surface area contributed by atoms with Crippen LogP contribution in [0.1, 0.15) is 115 Å². The highest BCUT2D eigenvalue weighted by molar-refractivity contribution is 5.10. The summed E-state index contributed by atoms with van der Waals surface area (Å²) in [4.78, 5) is 16.8. The Kier molecular flexibility index (Phi) is 11.4. The summed E-state index contributed by atoms with van der Waals surface area (Å²) in [6, 6.07) is 2.33. The van der Waals surface area contributed by atoms with Crippen LogP contribution >= 0.6 is 0 Å². The van der Waals surface area contributed by atoms with E-state index in [1.807, 2.05) is 0 Å². The SMILES string of the molecule is CC(C)[C@@H](C)CN1CCC(N2CC3(C2)CN(C(C)(C)CCC(C)(C)CN2CCC(N4CCN(C(C)(C)C)CC4)[C@@H](C)C2)C3)C[C@@H]1C. The molecule has 46 heavy (non-hydrogen) atoms. The Balaban J connectivity index is 0.993. The van der Waals surface area contributed by atoms with Crippen molar-refractivity contribution in [1.29, 1.82) is 0 Å². The molecule has 0 radical (unpaired) electrons. The second-order valence-electron chi connectivity index (χ2n) is 20.2. The summed E-state index contributed by atoms with van der Waals surface area (Å²) < 4.78 is 0. The van der Waals surface area contributed by atoms with Crippen molar-refractivity contribution in [1.82, 2.24) is 29.4 Å². The van der Waals surface area contributed by atoms with E-state index in [9.17, 15) is 0 Å². The number of nitrogens with zero attached hydrogens (tertiary/aromatic N) is 6. The minimum absolute atomic E-state index is 0.305. The molecule has 268 valence electrons. The van der Waals surface area contributed by atoms with Crippen molar-refractivity contribution in [2.24, 2.45) is 28.6 Å². The monoisotopic (exact) mass is 643 g/mol. The molecule has 0 aromatic carbocycles. The number of rotatable bonds is 11. The average molecular weight is 643 g/mol. The third kappa shape index (κ3) is 8.73. The first kappa shape index (κ1) is 37.0. The first-order valence-electron chi connectivity index (χ1n) is 19.8. The highest BCUT2D eigenvalue weighted by Crippen LogP contribution is 2.46. The smallest absolute Gasteiger partial charge is 0.0212 e. The lowest BCUT2D eigenvalue weighted by molar-refractivity contribution is -0.167. The van der Waals surface area contributed by atoms with Gasteiger partial charge in [0, 0.05) is 107 Å². The fraction of sp³-hybridized carbons (Fsp3) is 1.00. The van der Waals surface area contributed by atoms with Crippen molar-refractivity contribution in [3.63, 3.8) is 0 Å². The zero-order valence-electron chi connectivity index (χ0n) is 32.9. The van der Waals surface area contributed by atoms with E-state index in [0.29, 0.717) is 21.9 Å². The number of piperidine rings is 2. The molecular formula is C40H78N6. The van der Waals surface area contributed by atoms with Crippen molar-refractivity contribution < 1.29 is 0 Å². The summed E-state index contributed by atoms with van der Waals surface area (Å²) in [5.74, 6) is 2.35. The van der Waals surface area contributed by atoms with Crippen LogP contribution in [0, 0.1) is 28.6 Å². The maximum absolute atomic E-state index is 2.86. The number of hydrogen-bond donors (Lipinski definition) is 0. The van der Waals surface area contributed by atoms with E-state index in [-0.39, 0.29) is 0 Å². The van der Waals surface area contributed by atoms with Gasteiger partial charge in [0.25, 0.3) is 0 Å². The molecule has 5 saturated heterocycles. The van der Waals surface area contributed by atoms with Crippen molar-refractivity contribution in [2.45, 2.75) is 144 Å². The van der Waals surface area contributed by atoms with Gasteiger partial charge in [0.1, 0.15) is 0 Å². The van der Waals surface area contributed by atoms with Crippen molar-refractivity contribution >= 4 is 0 Å². The summed E-state index contributed by atoms with van der Waals surface area (Å²) in [6.45, 7) is 46.2. The molecule has 1 spiro atoms. The third-order valence-electron chi connectivity index (χ3n) is 13.9. The average Bonchev–Trinajstić information content (AvgIpc) is 2.91. The van der Waals surface area contributed by atoms with Gasteiger partial charge in [-0.25, -0.2) is 0 Å². The van der Waals surface area contributed by atoms with Crippen LogP contribution in [-0.4, -0.2) is 144 Å². The Bertz CT molecular complexity index is 963. The van der Waals surface area contributed by atoms with Crippen LogP contribution in [0.2, 0.25) is 0 Å². The lowest BCUT2D eigenvalue weighted by Crippen LogP contribution is -2.76. The Morgan fingerprint density at radius 2 is 1.37 bits per heavy atom. The van der Waals surface area contributed by atoms with Gasteiger partial charge in [-0.05, 0) is 110 Å². The Morgan fingerprint density at radius 3 is 1.93 bits per heavy atom. The summed E-state index contributed by atoms with van der Waals surface area (Å²) in [7, 11) is 0. The maximum atomic E-state index is 2.86. The highest BCUT2D eigenvalue weighted by Gasteiger charge is 2.56. The van der Waals surface area contributed by atoms with E-state index in [2.05, 4.69) is 112 Å². The van der Waals surface area contributed by atoms with Crippen LogP contribution in [0.4, 0.5) is 0 Å². The summed E-state index contributed by atoms with van der Waals surface area (Å²) >= 11 is 0. The first-order chi connectivity index (χ1) is 21.4. The minimum Gasteiger partial charge on any atom is -0.302 e. The van der Waals surface area contributed by atoms with E-state index in [0.717, 1.165) is 35.9 Å². The number of piperazine rings is 1. The standard InChI is InChI=1S/C40H78N6/c1-31(2)32(3)25-43-18-13-35(23-34(43)5)44-27-40(28-44)29-46(30-40)39(11,12)16-15-38(9,10)26-41-17-14-36(33(4)24-41)42-19-21-45(22-20-42)37(6,7)8/h31-36H,13-30H2,1-12H3/t32-,33-,34-,35?,36?/m0/s1. The molecule has 5 heterocycles. The third-order valence-corrected chi connectivity index (χ3v) is 13.9. The summed E-state index contributed by atoms with van der Waals surface area (Å²) in [5, 5.41) is 0. The molecule has 0 bridgehead atoms. The lowest BCUT2D eigenvalue weighted by Gasteiger charge is -2.66. The van der Waals surface area contributed by atoms with E-state index >= 15 is 0 Å². The van der Waals surface area contributed by atoms with E-state index in [4.69, 9.17) is 0 Å². The zero-order chi connectivity index (χ0) is 33.7. The van der Waals surface area contributed by atoms with Gasteiger partial charge in [0.15, 0.2) is 0 Å². The predicted octanol–water partition coefficient (Wildman–Crippen LogP) is 6.46. The summed E-state index contributed by atoms with van der Waals surface area (Å²) in [6.07, 6.45) is 6.73. The molecule has 0 N–H and O–H groups in total. The van der Waals surface area contributed by atoms with Gasteiger partial charge in [-0.3, -0.25) is 19.6 Å². The molecule has 0 amide bonds. The first-order valence-corrected chi connectivity index (χ1v) is 19.8. The van der Waals surface area contributed by atoms with Crippen LogP contribution in [0.5, 0.6) is 0 Å². The van der Waals surface area contributed by atoms with Crippen LogP contribution in [0.3, 0.4) is 0 Å². The maximum Gasteiger partial charge on any atom is 0.0212 e. The van der Waals surface area contributed by atoms with Gasteiger partial charge in [-0.1, -0.05) is 41.5 Å². The van der Waals surface area contributed by atoms with E-state index < -0.39 is 0 Å². The van der Waals surface area contributed by atoms with Gasteiger partial charge in [0.2, 0.25) is 0 Å². The Morgan fingerprint density at radius 1 is 0.717 bits per heavy atom. The molecule has 0 aliphatic carbocycles. The minimum atomic E-state index is 0.305. The predicted molar refractivity (Wildman–Crippen MR) is 198 cm³/mol. The van der Waals surface area contributed by atoms with Crippen LogP contribution in [0.15, 0.2) is 0 Å². The molecular weight excluding hydrogens is 564 g/mol. The topological polar surface area (TPSA) is 19.4 Å². The van der Waals surface area contributed by atoms with Gasteiger partial charge >= 0.3 is 0 Å². The quantitative estimate of drug-likeness (QED) is 0.256. The van der Waals surface area contributed by atoms with Gasteiger partial charge in [-0.15, -0.1) is 0 Å². The molecule has 5 rings (SSSR count). The fourth-order valence-electron chi connectivity index (χ4n) is 9.96. The zero-order valence-corrected chi connectivity index (χ0v) is 32.9. The van der Waals surface area contributed by atoms with Crippen molar-refractivity contribution in [3.8, 4) is 0 Å². The lowest BCUT2D eigenvalue weighted by atomic mass is 9.68. The largest absolute Gasteiger partial charge is 0.302 e. The van der Waals surface area contributed by atoms with Crippen LogP contribution in [0.25, 0.3) is 0 Å². The molecule has 5 aliphatic rings. The second-order valence-corrected chi connectivity index (χ2v) is 20.2. The molecule has 6 heteroatoms. The Labute approximate surface area is 287 Å². The molecule has 0 aromatic heterocycles. The molecule has 6 nitrogen and oxygen atoms in total. The van der Waals surface area contributed by atoms with Gasteiger partial charge in [-0.2, -0.15) is 0 Å². The number of likely N-dealkylation sites (tertiary alicyclic amines) is 4. The molecule has 5 fully saturated rings. The molecule has 5 aliphatic heterocycles. The Hall–Kier alpha value is -0.240. The highest BCUT2D eigenvalue weighted by atomic mass is 15.4. The molecule has 0 aromatic rings. The molecule has 2 unspecified atom stereocenters. The van der Waals surface area contributed by atoms with Crippen molar-refractivity contribution in [2.75, 3.05) is 85.1 Å². The fourth-order valence-corrected chi connectivity index (χ4v) is 9.96. The molecule has 5 atom stereocenters. The van der Waals surface area contributed by atoms with Gasteiger partial charge < -0.3 is 9.80 Å².